The molecule has 7 heteroatoms. The lowest BCUT2D eigenvalue weighted by Gasteiger charge is -2.32. The van der Waals surface area contributed by atoms with E-state index in [0.717, 1.165) is 25.8 Å². The summed E-state index contributed by atoms with van der Waals surface area (Å²) in [6, 6.07) is 2.07. The molecule has 1 saturated heterocycles. The first-order valence-electron chi connectivity index (χ1n) is 6.52. The van der Waals surface area contributed by atoms with Crippen LogP contribution in [0.2, 0.25) is 0 Å². The molecule has 0 aromatic carbocycles. The number of halogens is 1. The molecular formula is C12H19BrN2O2S2. The lowest BCUT2D eigenvalue weighted by atomic mass is 10.1. The monoisotopic (exact) mass is 366 g/mol. The molecule has 1 unspecified atom stereocenters. The Bertz CT molecular complexity index is 516. The van der Waals surface area contributed by atoms with Crippen LogP contribution in [0.25, 0.3) is 0 Å². The Labute approximate surface area is 127 Å². The molecule has 0 aliphatic carbocycles. The molecule has 1 aliphatic rings. The number of nitrogens with one attached hydrogen (secondary N) is 1. The molecule has 2 rings (SSSR count). The van der Waals surface area contributed by atoms with E-state index in [4.69, 9.17) is 0 Å². The summed E-state index contributed by atoms with van der Waals surface area (Å²) in [4.78, 5) is 0. The van der Waals surface area contributed by atoms with Crippen LogP contribution in [0.1, 0.15) is 26.2 Å². The molecule has 0 radical (unpaired) electrons. The molecular weight excluding hydrogens is 348 g/mol. The molecule has 2 heterocycles. The lowest BCUT2D eigenvalue weighted by molar-refractivity contribution is 0.284. The van der Waals surface area contributed by atoms with Gasteiger partial charge in [0, 0.05) is 23.6 Å². The topological polar surface area (TPSA) is 49.4 Å². The Morgan fingerprint density at radius 2 is 2.37 bits per heavy atom. The number of hydrogen-bond acceptors (Lipinski definition) is 4. The van der Waals surface area contributed by atoms with E-state index in [-0.39, 0.29) is 6.04 Å². The van der Waals surface area contributed by atoms with Crippen LogP contribution in [0.4, 0.5) is 0 Å². The maximum absolute atomic E-state index is 12.6. The summed E-state index contributed by atoms with van der Waals surface area (Å²) in [6.45, 7) is 4.26. The molecule has 1 fully saturated rings. The summed E-state index contributed by atoms with van der Waals surface area (Å²) in [7, 11) is -3.34. The molecule has 19 heavy (non-hydrogen) atoms. The average molecular weight is 367 g/mol. The van der Waals surface area contributed by atoms with E-state index >= 15 is 0 Å². The molecule has 108 valence electrons. The van der Waals surface area contributed by atoms with Gasteiger partial charge in [-0.1, -0.05) is 6.92 Å². The van der Waals surface area contributed by atoms with Gasteiger partial charge in [-0.25, -0.2) is 8.42 Å². The standard InChI is InChI=1S/C12H19BrN2O2S2/c1-2-6-14-10-4-3-7-15(9-10)19(16,17)12-11(13)5-8-18-12/h5,8,10,14H,2-4,6-7,9H2,1H3. The summed E-state index contributed by atoms with van der Waals surface area (Å²) in [5.41, 5.74) is 0. The van der Waals surface area contributed by atoms with Gasteiger partial charge in [-0.3, -0.25) is 0 Å². The number of nitrogens with zero attached hydrogens (tertiary/aromatic N) is 1. The number of piperidine rings is 1. The highest BCUT2D eigenvalue weighted by Gasteiger charge is 2.31. The van der Waals surface area contributed by atoms with Gasteiger partial charge in [0.1, 0.15) is 4.21 Å². The van der Waals surface area contributed by atoms with Gasteiger partial charge in [0.2, 0.25) is 0 Å². The molecule has 0 amide bonds. The summed E-state index contributed by atoms with van der Waals surface area (Å²) >= 11 is 4.59. The number of rotatable bonds is 5. The Kier molecular flexibility index (Phi) is 5.42. The van der Waals surface area contributed by atoms with Crippen molar-refractivity contribution < 1.29 is 8.42 Å². The Morgan fingerprint density at radius 1 is 1.58 bits per heavy atom. The smallest absolute Gasteiger partial charge is 0.253 e. The minimum Gasteiger partial charge on any atom is -0.313 e. The van der Waals surface area contributed by atoms with Crippen molar-refractivity contribution in [3.05, 3.63) is 15.9 Å². The fourth-order valence-electron chi connectivity index (χ4n) is 2.26. The van der Waals surface area contributed by atoms with Gasteiger partial charge in [0.05, 0.1) is 0 Å². The van der Waals surface area contributed by atoms with Crippen LogP contribution in [-0.2, 0) is 10.0 Å². The highest BCUT2D eigenvalue weighted by molar-refractivity contribution is 9.10. The predicted octanol–water partition coefficient (Wildman–Crippen LogP) is 2.66. The summed E-state index contributed by atoms with van der Waals surface area (Å²) < 4.78 is 27.8. The Balaban J connectivity index is 2.10. The fraction of sp³-hybridized carbons (Fsp3) is 0.667. The van der Waals surface area contributed by atoms with Crippen molar-refractivity contribution in [1.29, 1.82) is 0 Å². The van der Waals surface area contributed by atoms with Gasteiger partial charge in [-0.05, 0) is 53.2 Å². The summed E-state index contributed by atoms with van der Waals surface area (Å²) in [5, 5.41) is 5.22. The largest absolute Gasteiger partial charge is 0.313 e. The van der Waals surface area contributed by atoms with Crippen LogP contribution in [0.3, 0.4) is 0 Å². The van der Waals surface area contributed by atoms with E-state index in [1.165, 1.54) is 11.3 Å². The second kappa shape index (κ2) is 6.67. The van der Waals surface area contributed by atoms with Crippen molar-refractivity contribution >= 4 is 37.3 Å². The van der Waals surface area contributed by atoms with Crippen molar-refractivity contribution in [2.75, 3.05) is 19.6 Å². The van der Waals surface area contributed by atoms with Gasteiger partial charge >= 0.3 is 0 Å². The molecule has 0 saturated carbocycles. The van der Waals surface area contributed by atoms with E-state index in [2.05, 4.69) is 28.2 Å². The zero-order valence-corrected chi connectivity index (χ0v) is 14.2. The van der Waals surface area contributed by atoms with E-state index in [9.17, 15) is 8.42 Å². The third-order valence-corrected chi connectivity index (χ3v) is 7.74. The molecule has 4 nitrogen and oxygen atoms in total. The van der Waals surface area contributed by atoms with Gasteiger partial charge in [0.15, 0.2) is 0 Å². The SMILES string of the molecule is CCCNC1CCCN(S(=O)(=O)c2sccc2Br)C1. The highest BCUT2D eigenvalue weighted by atomic mass is 79.9. The number of hydrogen-bond donors (Lipinski definition) is 1. The van der Waals surface area contributed by atoms with E-state index < -0.39 is 10.0 Å². The minimum absolute atomic E-state index is 0.280. The number of thiophene rings is 1. The maximum atomic E-state index is 12.6. The molecule has 1 N–H and O–H groups in total. The van der Waals surface area contributed by atoms with Crippen LogP contribution < -0.4 is 5.32 Å². The van der Waals surface area contributed by atoms with Crippen LogP contribution in [-0.4, -0.2) is 38.4 Å². The first kappa shape index (κ1) is 15.4. The normalized spacial score (nSPS) is 21.7. The van der Waals surface area contributed by atoms with Gasteiger partial charge in [-0.2, -0.15) is 4.31 Å². The van der Waals surface area contributed by atoms with Crippen LogP contribution in [0, 0.1) is 0 Å². The van der Waals surface area contributed by atoms with Crippen molar-refractivity contribution in [2.24, 2.45) is 0 Å². The quantitative estimate of drug-likeness (QED) is 0.871. The lowest BCUT2D eigenvalue weighted by Crippen LogP contribution is -2.47. The van der Waals surface area contributed by atoms with Crippen LogP contribution in [0.5, 0.6) is 0 Å². The zero-order chi connectivity index (χ0) is 13.9. The van der Waals surface area contributed by atoms with E-state index in [1.54, 1.807) is 15.8 Å². The van der Waals surface area contributed by atoms with Crippen molar-refractivity contribution in [3.8, 4) is 0 Å². The third kappa shape index (κ3) is 3.58. The molecule has 1 atom stereocenters. The predicted molar refractivity (Wildman–Crippen MR) is 82.1 cm³/mol. The van der Waals surface area contributed by atoms with Crippen LogP contribution >= 0.6 is 27.3 Å². The van der Waals surface area contributed by atoms with E-state index in [0.29, 0.717) is 21.8 Å². The maximum Gasteiger partial charge on any atom is 0.253 e. The fourth-order valence-corrected chi connectivity index (χ4v) is 6.23. The second-order valence-electron chi connectivity index (χ2n) is 4.71. The minimum atomic E-state index is -3.34. The first-order valence-corrected chi connectivity index (χ1v) is 9.63. The van der Waals surface area contributed by atoms with Gasteiger partial charge in [0.25, 0.3) is 10.0 Å². The zero-order valence-electron chi connectivity index (χ0n) is 10.9. The van der Waals surface area contributed by atoms with Crippen LogP contribution in [0.15, 0.2) is 20.1 Å². The molecule has 0 spiro atoms. The average Bonchev–Trinajstić information content (AvgIpc) is 2.84. The van der Waals surface area contributed by atoms with Crippen molar-refractivity contribution in [1.82, 2.24) is 9.62 Å². The summed E-state index contributed by atoms with van der Waals surface area (Å²) in [6.07, 6.45) is 3.04. The third-order valence-electron chi connectivity index (χ3n) is 3.23. The molecule has 0 bridgehead atoms. The summed E-state index contributed by atoms with van der Waals surface area (Å²) in [5.74, 6) is 0. The second-order valence-corrected chi connectivity index (χ2v) is 8.62. The number of sulfonamides is 1. The van der Waals surface area contributed by atoms with Crippen molar-refractivity contribution in [2.45, 2.75) is 36.4 Å². The van der Waals surface area contributed by atoms with Crippen molar-refractivity contribution in [3.63, 3.8) is 0 Å². The molecule has 1 aliphatic heterocycles. The van der Waals surface area contributed by atoms with Gasteiger partial charge in [-0.15, -0.1) is 11.3 Å². The Hall–Kier alpha value is 0.0500. The highest BCUT2D eigenvalue weighted by Crippen LogP contribution is 2.31. The van der Waals surface area contributed by atoms with Gasteiger partial charge < -0.3 is 5.32 Å². The Morgan fingerprint density at radius 3 is 3.00 bits per heavy atom. The molecule has 1 aromatic heterocycles. The molecule has 1 aromatic rings. The van der Waals surface area contributed by atoms with E-state index in [1.807, 2.05) is 0 Å². The first-order chi connectivity index (χ1) is 9.05.